The molecule has 0 saturated carbocycles. The molecule has 1 fully saturated rings. The van der Waals surface area contributed by atoms with Crippen LogP contribution in [0.3, 0.4) is 0 Å². The van der Waals surface area contributed by atoms with Crippen LogP contribution in [0.1, 0.15) is 13.2 Å². The Labute approximate surface area is 136 Å². The van der Waals surface area contributed by atoms with E-state index in [-0.39, 0.29) is 18.0 Å². The number of anilines is 1. The van der Waals surface area contributed by atoms with Crippen molar-refractivity contribution < 1.29 is 24.5 Å². The number of hydrogen-bond donors (Lipinski definition) is 3. The van der Waals surface area contributed by atoms with Crippen LogP contribution >= 0.6 is 0 Å². The molecule has 0 bridgehead atoms. The summed E-state index contributed by atoms with van der Waals surface area (Å²) in [5.41, 5.74) is 6.67. The van der Waals surface area contributed by atoms with Crippen LogP contribution in [0.25, 0.3) is 11.2 Å². The summed E-state index contributed by atoms with van der Waals surface area (Å²) in [5, 5.41) is 20.4. The average molecular weight is 335 g/mol. The number of ether oxygens (including phenoxy) is 2. The minimum Gasteiger partial charge on any atom is -0.459 e. The molecule has 10 nitrogen and oxygen atoms in total. The van der Waals surface area contributed by atoms with Gasteiger partial charge in [-0.25, -0.2) is 19.7 Å². The van der Waals surface area contributed by atoms with Crippen molar-refractivity contribution in [1.82, 2.24) is 19.5 Å². The van der Waals surface area contributed by atoms with Gasteiger partial charge in [-0.2, -0.15) is 0 Å². The summed E-state index contributed by atoms with van der Waals surface area (Å²) in [4.78, 5) is 23.4. The number of nitrogens with zero attached hydrogens (tertiary/aromatic N) is 4. The fraction of sp³-hybridized carbons (Fsp3) is 0.429. The summed E-state index contributed by atoms with van der Waals surface area (Å²) in [7, 11) is 0. The summed E-state index contributed by atoms with van der Waals surface area (Å²) >= 11 is 0. The topological polar surface area (TPSA) is 146 Å². The lowest BCUT2D eigenvalue weighted by Gasteiger charge is -2.16. The number of esters is 1. The zero-order valence-corrected chi connectivity index (χ0v) is 12.9. The third kappa shape index (κ3) is 2.70. The highest BCUT2D eigenvalue weighted by Crippen LogP contribution is 2.32. The van der Waals surface area contributed by atoms with Gasteiger partial charge in [-0.15, -0.1) is 0 Å². The lowest BCUT2D eigenvalue weighted by atomic mass is 10.1. The van der Waals surface area contributed by atoms with Gasteiger partial charge in [-0.3, -0.25) is 4.57 Å². The van der Waals surface area contributed by atoms with E-state index in [2.05, 4.69) is 21.5 Å². The van der Waals surface area contributed by atoms with E-state index in [0.717, 1.165) is 0 Å². The van der Waals surface area contributed by atoms with E-state index in [1.807, 2.05) is 0 Å². The van der Waals surface area contributed by atoms with Gasteiger partial charge in [-0.1, -0.05) is 6.58 Å². The molecular formula is C14H17N5O5. The van der Waals surface area contributed by atoms with Crippen molar-refractivity contribution in [3.05, 3.63) is 24.8 Å². The van der Waals surface area contributed by atoms with Crippen molar-refractivity contribution in [3.63, 3.8) is 0 Å². The molecule has 0 spiro atoms. The van der Waals surface area contributed by atoms with Crippen LogP contribution in [0.15, 0.2) is 24.8 Å². The van der Waals surface area contributed by atoms with Crippen molar-refractivity contribution in [2.45, 2.75) is 31.5 Å². The summed E-state index contributed by atoms with van der Waals surface area (Å²) in [6, 6.07) is 0. The summed E-state index contributed by atoms with van der Waals surface area (Å²) in [6.07, 6.45) is -1.70. The number of fused-ring (bicyclic) bond motifs is 1. The highest BCUT2D eigenvalue weighted by Gasteiger charge is 2.44. The number of aliphatic hydroxyl groups excluding tert-OH is 2. The molecular weight excluding hydrogens is 318 g/mol. The van der Waals surface area contributed by atoms with Gasteiger partial charge in [0, 0.05) is 5.57 Å². The Morgan fingerprint density at radius 1 is 1.42 bits per heavy atom. The first-order valence-electron chi connectivity index (χ1n) is 7.17. The first-order valence-corrected chi connectivity index (χ1v) is 7.17. The molecule has 1 aliphatic heterocycles. The molecule has 0 radical (unpaired) electrons. The van der Waals surface area contributed by atoms with Crippen molar-refractivity contribution in [2.24, 2.45) is 0 Å². The maximum absolute atomic E-state index is 11.4. The number of nitrogens with two attached hydrogens (primary N) is 1. The molecule has 4 N–H and O–H groups in total. The molecule has 1 aliphatic rings. The van der Waals surface area contributed by atoms with Crippen molar-refractivity contribution in [2.75, 3.05) is 12.3 Å². The highest BCUT2D eigenvalue weighted by molar-refractivity contribution is 5.86. The van der Waals surface area contributed by atoms with Crippen LogP contribution in [-0.4, -0.2) is 60.6 Å². The van der Waals surface area contributed by atoms with E-state index in [0.29, 0.717) is 11.2 Å². The van der Waals surface area contributed by atoms with Crippen molar-refractivity contribution in [1.29, 1.82) is 0 Å². The normalized spacial score (nSPS) is 26.6. The molecule has 0 amide bonds. The SMILES string of the molecule is C=C(C)C(=O)OC[C@H]1O[C@@H](n2cnc3c(N)ncnc32)[C@H](O)[C@@H]1O. The molecule has 1 saturated heterocycles. The maximum atomic E-state index is 11.4. The summed E-state index contributed by atoms with van der Waals surface area (Å²) < 4.78 is 12.0. The quantitative estimate of drug-likeness (QED) is 0.480. The van der Waals surface area contributed by atoms with Crippen LogP contribution < -0.4 is 5.73 Å². The monoisotopic (exact) mass is 335 g/mol. The van der Waals surface area contributed by atoms with Gasteiger partial charge in [0.15, 0.2) is 17.7 Å². The molecule has 10 heteroatoms. The first-order chi connectivity index (χ1) is 11.4. The molecule has 3 rings (SSSR count). The van der Waals surface area contributed by atoms with E-state index >= 15 is 0 Å². The first kappa shape index (κ1) is 16.3. The summed E-state index contributed by atoms with van der Waals surface area (Å²) in [6.45, 7) is 4.76. The standard InChI is InChI=1S/C14H17N5O5/c1-6(2)14(22)23-3-7-9(20)10(21)13(24-7)19-5-18-8-11(15)16-4-17-12(8)19/h4-5,7,9-10,13,20-21H,1,3H2,2H3,(H2,15,16,17)/t7-,9-,10-,13-/m1/s1. The molecule has 2 aromatic rings. The smallest absolute Gasteiger partial charge is 0.333 e. The van der Waals surface area contributed by atoms with E-state index in [9.17, 15) is 15.0 Å². The predicted octanol–water partition coefficient (Wildman–Crippen LogP) is -0.853. The molecule has 24 heavy (non-hydrogen) atoms. The van der Waals surface area contributed by atoms with Gasteiger partial charge < -0.3 is 25.4 Å². The Kier molecular flexibility index (Phi) is 4.18. The van der Waals surface area contributed by atoms with Crippen LogP contribution in [-0.2, 0) is 14.3 Å². The third-order valence-corrected chi connectivity index (χ3v) is 3.73. The largest absolute Gasteiger partial charge is 0.459 e. The van der Waals surface area contributed by atoms with Gasteiger partial charge in [0.25, 0.3) is 0 Å². The number of nitrogen functional groups attached to an aromatic ring is 1. The number of carbonyl (C=O) groups is 1. The van der Waals surface area contributed by atoms with Gasteiger partial charge in [0.1, 0.15) is 36.8 Å². The lowest BCUT2D eigenvalue weighted by molar-refractivity contribution is -0.145. The molecule has 3 heterocycles. The lowest BCUT2D eigenvalue weighted by Crippen LogP contribution is -2.34. The van der Waals surface area contributed by atoms with Crippen LogP contribution in [0.4, 0.5) is 5.82 Å². The number of aromatic nitrogens is 4. The number of hydrogen-bond acceptors (Lipinski definition) is 9. The number of carbonyl (C=O) groups excluding carboxylic acids is 1. The average Bonchev–Trinajstić information content (AvgIpc) is 3.09. The van der Waals surface area contributed by atoms with E-state index < -0.39 is 30.5 Å². The Morgan fingerprint density at radius 2 is 2.17 bits per heavy atom. The van der Waals surface area contributed by atoms with E-state index in [1.165, 1.54) is 24.1 Å². The minimum absolute atomic E-state index is 0.193. The Bertz CT molecular complexity index is 791. The van der Waals surface area contributed by atoms with Crippen LogP contribution in [0.5, 0.6) is 0 Å². The second kappa shape index (κ2) is 6.15. The number of rotatable bonds is 4. The maximum Gasteiger partial charge on any atom is 0.333 e. The molecule has 4 atom stereocenters. The zero-order chi connectivity index (χ0) is 17.4. The van der Waals surface area contributed by atoms with Gasteiger partial charge in [0.2, 0.25) is 0 Å². The molecule has 0 aliphatic carbocycles. The predicted molar refractivity (Wildman–Crippen MR) is 81.4 cm³/mol. The van der Waals surface area contributed by atoms with E-state index in [4.69, 9.17) is 15.2 Å². The molecule has 128 valence electrons. The van der Waals surface area contributed by atoms with Crippen LogP contribution in [0.2, 0.25) is 0 Å². The second-order valence-electron chi connectivity index (χ2n) is 5.51. The van der Waals surface area contributed by atoms with Gasteiger partial charge in [-0.05, 0) is 6.92 Å². The Balaban J connectivity index is 1.80. The van der Waals surface area contributed by atoms with Gasteiger partial charge >= 0.3 is 5.97 Å². The van der Waals surface area contributed by atoms with Crippen molar-refractivity contribution in [3.8, 4) is 0 Å². The zero-order valence-electron chi connectivity index (χ0n) is 12.9. The molecule has 0 unspecified atom stereocenters. The fourth-order valence-electron chi connectivity index (χ4n) is 2.43. The van der Waals surface area contributed by atoms with Gasteiger partial charge in [0.05, 0.1) is 6.33 Å². The Hall–Kier alpha value is -2.56. The van der Waals surface area contributed by atoms with E-state index in [1.54, 1.807) is 0 Å². The number of imidazole rings is 1. The second-order valence-corrected chi connectivity index (χ2v) is 5.51. The van der Waals surface area contributed by atoms with Crippen LogP contribution in [0, 0.1) is 0 Å². The third-order valence-electron chi connectivity index (χ3n) is 3.73. The fourth-order valence-corrected chi connectivity index (χ4v) is 2.43. The Morgan fingerprint density at radius 3 is 2.88 bits per heavy atom. The number of aliphatic hydroxyl groups is 2. The van der Waals surface area contributed by atoms with Crippen molar-refractivity contribution >= 4 is 23.0 Å². The summed E-state index contributed by atoms with van der Waals surface area (Å²) in [5.74, 6) is -0.406. The minimum atomic E-state index is -1.26. The highest BCUT2D eigenvalue weighted by atomic mass is 16.6. The molecule has 0 aromatic carbocycles. The molecule has 2 aromatic heterocycles.